The van der Waals surface area contributed by atoms with E-state index in [4.69, 9.17) is 9.84 Å². The van der Waals surface area contributed by atoms with Crippen LogP contribution in [0.15, 0.2) is 24.3 Å². The molecule has 0 aliphatic heterocycles. The Morgan fingerprint density at radius 2 is 2.16 bits per heavy atom. The van der Waals surface area contributed by atoms with Crippen molar-refractivity contribution in [2.45, 2.75) is 25.8 Å². The van der Waals surface area contributed by atoms with Gasteiger partial charge in [0.05, 0.1) is 0 Å². The number of benzene rings is 1. The smallest absolute Gasteiger partial charge is 0.341 e. The van der Waals surface area contributed by atoms with Gasteiger partial charge in [-0.1, -0.05) is 13.0 Å². The summed E-state index contributed by atoms with van der Waals surface area (Å²) >= 11 is 0. The third-order valence-electron chi connectivity index (χ3n) is 3.17. The van der Waals surface area contributed by atoms with Crippen LogP contribution in [0.3, 0.4) is 0 Å². The first kappa shape index (κ1) is 13.4. The summed E-state index contributed by atoms with van der Waals surface area (Å²) in [6.45, 7) is 1.74. The van der Waals surface area contributed by atoms with Crippen LogP contribution in [0.25, 0.3) is 0 Å². The Kier molecular flexibility index (Phi) is 4.04. The van der Waals surface area contributed by atoms with Crippen molar-refractivity contribution in [2.75, 3.05) is 6.61 Å². The van der Waals surface area contributed by atoms with Crippen LogP contribution in [0.1, 0.15) is 30.1 Å². The number of rotatable bonds is 5. The Labute approximate surface area is 111 Å². The quantitative estimate of drug-likeness (QED) is 0.847. The molecular formula is C14H17NO4. The molecule has 102 valence electrons. The number of hydrogen-bond acceptors (Lipinski definition) is 3. The molecule has 0 saturated heterocycles. The summed E-state index contributed by atoms with van der Waals surface area (Å²) in [5, 5.41) is 11.5. The zero-order valence-electron chi connectivity index (χ0n) is 10.8. The normalized spacial score (nSPS) is 21.3. The van der Waals surface area contributed by atoms with Crippen molar-refractivity contribution >= 4 is 11.9 Å². The van der Waals surface area contributed by atoms with Gasteiger partial charge in [-0.25, -0.2) is 4.79 Å². The van der Waals surface area contributed by atoms with E-state index in [1.54, 1.807) is 24.3 Å². The average Bonchev–Trinajstić information content (AvgIpc) is 2.35. The van der Waals surface area contributed by atoms with E-state index in [0.717, 1.165) is 12.8 Å². The minimum absolute atomic E-state index is 0.141. The number of carbonyl (C=O) groups excluding carboxylic acids is 1. The summed E-state index contributed by atoms with van der Waals surface area (Å²) in [5.41, 5.74) is 0.488. The number of carbonyl (C=O) groups is 2. The van der Waals surface area contributed by atoms with Crippen LogP contribution in [0.5, 0.6) is 5.75 Å². The maximum Gasteiger partial charge on any atom is 0.341 e. The van der Waals surface area contributed by atoms with Gasteiger partial charge >= 0.3 is 5.97 Å². The third-order valence-corrected chi connectivity index (χ3v) is 3.17. The lowest BCUT2D eigenvalue weighted by Crippen LogP contribution is -2.43. The molecule has 5 heteroatoms. The molecule has 1 fully saturated rings. The molecule has 0 aromatic heterocycles. The highest BCUT2D eigenvalue weighted by Crippen LogP contribution is 2.26. The summed E-state index contributed by atoms with van der Waals surface area (Å²) < 4.78 is 5.04. The Hall–Kier alpha value is -2.04. The van der Waals surface area contributed by atoms with Gasteiger partial charge < -0.3 is 15.2 Å². The predicted octanol–water partition coefficient (Wildman–Crippen LogP) is 1.68. The van der Waals surface area contributed by atoms with E-state index < -0.39 is 12.6 Å². The minimum atomic E-state index is -1.04. The maximum atomic E-state index is 12.0. The molecule has 2 rings (SSSR count). The first-order valence-corrected chi connectivity index (χ1v) is 6.30. The molecular weight excluding hydrogens is 246 g/mol. The van der Waals surface area contributed by atoms with E-state index in [1.165, 1.54) is 0 Å². The van der Waals surface area contributed by atoms with Crippen LogP contribution in [0, 0.1) is 5.92 Å². The second-order valence-electron chi connectivity index (χ2n) is 4.96. The van der Waals surface area contributed by atoms with Gasteiger partial charge in [-0.05, 0) is 37.0 Å². The van der Waals surface area contributed by atoms with Gasteiger partial charge in [0.1, 0.15) is 5.75 Å². The molecule has 1 aromatic rings. The molecule has 1 amide bonds. The van der Waals surface area contributed by atoms with Gasteiger partial charge in [0.2, 0.25) is 0 Å². The fourth-order valence-corrected chi connectivity index (χ4v) is 2.16. The lowest BCUT2D eigenvalue weighted by Gasteiger charge is -2.33. The first-order chi connectivity index (χ1) is 9.04. The standard InChI is InChI=1S/C14H17NO4/c1-9-5-11(6-9)15-14(18)10-3-2-4-12(7-10)19-8-13(16)17/h2-4,7,9,11H,5-6,8H2,1H3,(H,15,18)(H,16,17). The molecule has 1 saturated carbocycles. The van der Waals surface area contributed by atoms with Crippen LogP contribution < -0.4 is 10.1 Å². The molecule has 1 aliphatic carbocycles. The van der Waals surface area contributed by atoms with Gasteiger partial charge in [-0.3, -0.25) is 4.79 Å². The van der Waals surface area contributed by atoms with Crippen LogP contribution in [-0.4, -0.2) is 29.6 Å². The summed E-state index contributed by atoms with van der Waals surface area (Å²) in [6.07, 6.45) is 2.03. The fraction of sp³-hybridized carbons (Fsp3) is 0.429. The summed E-state index contributed by atoms with van der Waals surface area (Å²) in [5.74, 6) is -0.122. The van der Waals surface area contributed by atoms with Crippen LogP contribution in [0.4, 0.5) is 0 Å². The minimum Gasteiger partial charge on any atom is -0.482 e. The Morgan fingerprint density at radius 1 is 1.42 bits per heavy atom. The number of amides is 1. The highest BCUT2D eigenvalue weighted by atomic mass is 16.5. The number of nitrogens with one attached hydrogen (secondary N) is 1. The molecule has 5 nitrogen and oxygen atoms in total. The van der Waals surface area contributed by atoms with Crippen molar-refractivity contribution in [3.63, 3.8) is 0 Å². The second kappa shape index (κ2) is 5.73. The third kappa shape index (κ3) is 3.71. The number of hydrogen-bond donors (Lipinski definition) is 2. The van der Waals surface area contributed by atoms with Gasteiger partial charge in [-0.2, -0.15) is 0 Å². The molecule has 0 radical (unpaired) electrons. The van der Waals surface area contributed by atoms with Crippen molar-refractivity contribution in [1.82, 2.24) is 5.32 Å². The van der Waals surface area contributed by atoms with E-state index in [0.29, 0.717) is 17.2 Å². The van der Waals surface area contributed by atoms with E-state index in [1.807, 2.05) is 0 Å². The topological polar surface area (TPSA) is 75.6 Å². The average molecular weight is 263 g/mol. The van der Waals surface area contributed by atoms with E-state index in [2.05, 4.69) is 12.2 Å². The number of carboxylic acids is 1. The van der Waals surface area contributed by atoms with E-state index >= 15 is 0 Å². The van der Waals surface area contributed by atoms with Crippen molar-refractivity contribution in [3.8, 4) is 5.75 Å². The van der Waals surface area contributed by atoms with Crippen molar-refractivity contribution < 1.29 is 19.4 Å². The maximum absolute atomic E-state index is 12.0. The Bertz CT molecular complexity index is 480. The predicted molar refractivity (Wildman–Crippen MR) is 69.2 cm³/mol. The van der Waals surface area contributed by atoms with Gasteiger partial charge in [0.25, 0.3) is 5.91 Å². The van der Waals surface area contributed by atoms with Gasteiger partial charge in [0.15, 0.2) is 6.61 Å². The van der Waals surface area contributed by atoms with Gasteiger partial charge in [-0.15, -0.1) is 0 Å². The van der Waals surface area contributed by atoms with Crippen LogP contribution in [-0.2, 0) is 4.79 Å². The van der Waals surface area contributed by atoms with Crippen molar-refractivity contribution in [1.29, 1.82) is 0 Å². The lowest BCUT2D eigenvalue weighted by atomic mass is 9.82. The summed E-state index contributed by atoms with van der Waals surface area (Å²) in [4.78, 5) is 22.4. The molecule has 19 heavy (non-hydrogen) atoms. The highest BCUT2D eigenvalue weighted by Gasteiger charge is 2.26. The zero-order valence-corrected chi connectivity index (χ0v) is 10.8. The fourth-order valence-electron chi connectivity index (χ4n) is 2.16. The Balaban J connectivity index is 1.93. The highest BCUT2D eigenvalue weighted by molar-refractivity contribution is 5.94. The molecule has 0 spiro atoms. The van der Waals surface area contributed by atoms with Crippen molar-refractivity contribution in [2.24, 2.45) is 5.92 Å². The largest absolute Gasteiger partial charge is 0.482 e. The number of ether oxygens (including phenoxy) is 1. The zero-order chi connectivity index (χ0) is 13.8. The molecule has 0 unspecified atom stereocenters. The van der Waals surface area contributed by atoms with Crippen molar-refractivity contribution in [3.05, 3.63) is 29.8 Å². The molecule has 0 heterocycles. The summed E-state index contributed by atoms with van der Waals surface area (Å²) in [6, 6.07) is 6.80. The molecule has 0 atom stereocenters. The van der Waals surface area contributed by atoms with Gasteiger partial charge in [0, 0.05) is 11.6 Å². The van der Waals surface area contributed by atoms with Crippen LogP contribution in [0.2, 0.25) is 0 Å². The number of carboxylic acid groups (broad SMARTS) is 1. The first-order valence-electron chi connectivity index (χ1n) is 6.30. The monoisotopic (exact) mass is 263 g/mol. The summed E-state index contributed by atoms with van der Waals surface area (Å²) in [7, 11) is 0. The van der Waals surface area contributed by atoms with E-state index in [-0.39, 0.29) is 11.9 Å². The molecule has 0 bridgehead atoms. The molecule has 1 aliphatic rings. The van der Waals surface area contributed by atoms with Crippen LogP contribution >= 0.6 is 0 Å². The van der Waals surface area contributed by atoms with E-state index in [9.17, 15) is 9.59 Å². The second-order valence-corrected chi connectivity index (χ2v) is 4.96. The molecule has 1 aromatic carbocycles. The lowest BCUT2D eigenvalue weighted by molar-refractivity contribution is -0.139. The molecule has 2 N–H and O–H groups in total. The Morgan fingerprint density at radius 3 is 2.79 bits per heavy atom. The SMILES string of the molecule is CC1CC(NC(=O)c2cccc(OCC(=O)O)c2)C1. The number of aliphatic carboxylic acids is 1.